The second kappa shape index (κ2) is 8.19. The Bertz CT molecular complexity index is 1100. The fourth-order valence-corrected chi connectivity index (χ4v) is 3.61. The SMILES string of the molecule is O=C(CSc1nnc(-c2ccccc2O)o1)Nc1nnc(-c2ccccc2)s1. The molecule has 0 bridgehead atoms. The molecule has 0 aliphatic carbocycles. The highest BCUT2D eigenvalue weighted by atomic mass is 32.2. The number of carbonyl (C=O) groups excluding carboxylic acids is 1. The van der Waals surface area contributed by atoms with Crippen LogP contribution in [-0.2, 0) is 4.79 Å². The van der Waals surface area contributed by atoms with Crippen molar-refractivity contribution in [2.75, 3.05) is 11.1 Å². The van der Waals surface area contributed by atoms with E-state index in [1.54, 1.807) is 18.2 Å². The number of anilines is 1. The molecule has 4 aromatic rings. The number of benzene rings is 2. The number of rotatable bonds is 6. The van der Waals surface area contributed by atoms with E-state index in [0.29, 0.717) is 10.7 Å². The average molecular weight is 411 g/mol. The van der Waals surface area contributed by atoms with Gasteiger partial charge in [0.25, 0.3) is 11.1 Å². The number of aromatic nitrogens is 4. The van der Waals surface area contributed by atoms with Gasteiger partial charge in [-0.15, -0.1) is 20.4 Å². The van der Waals surface area contributed by atoms with E-state index in [2.05, 4.69) is 25.7 Å². The van der Waals surface area contributed by atoms with Gasteiger partial charge < -0.3 is 9.52 Å². The van der Waals surface area contributed by atoms with Crippen LogP contribution in [0.5, 0.6) is 5.75 Å². The molecule has 2 N–H and O–H groups in total. The Balaban J connectivity index is 1.34. The van der Waals surface area contributed by atoms with Gasteiger partial charge in [0.05, 0.1) is 11.3 Å². The monoisotopic (exact) mass is 411 g/mol. The van der Waals surface area contributed by atoms with Gasteiger partial charge in [-0.2, -0.15) is 0 Å². The number of phenolic OH excluding ortho intramolecular Hbond substituents is 1. The number of nitrogens with one attached hydrogen (secondary N) is 1. The van der Waals surface area contributed by atoms with Crippen molar-refractivity contribution < 1.29 is 14.3 Å². The first kappa shape index (κ1) is 18.1. The molecule has 0 aliphatic heterocycles. The van der Waals surface area contributed by atoms with Crippen molar-refractivity contribution in [2.24, 2.45) is 0 Å². The van der Waals surface area contributed by atoms with Gasteiger partial charge in [-0.1, -0.05) is 65.6 Å². The number of carbonyl (C=O) groups is 1. The molecule has 0 saturated heterocycles. The summed E-state index contributed by atoms with van der Waals surface area (Å²) in [4.78, 5) is 12.1. The van der Waals surface area contributed by atoms with E-state index in [-0.39, 0.29) is 28.5 Å². The summed E-state index contributed by atoms with van der Waals surface area (Å²) in [6, 6.07) is 16.3. The molecule has 0 fully saturated rings. The van der Waals surface area contributed by atoms with Crippen LogP contribution in [0.3, 0.4) is 0 Å². The topological polar surface area (TPSA) is 114 Å². The van der Waals surface area contributed by atoms with E-state index >= 15 is 0 Å². The third kappa shape index (κ3) is 4.18. The molecule has 1 amide bonds. The van der Waals surface area contributed by atoms with E-state index in [0.717, 1.165) is 22.3 Å². The predicted octanol–water partition coefficient (Wildman–Crippen LogP) is 3.69. The maximum absolute atomic E-state index is 12.1. The molecule has 4 rings (SSSR count). The van der Waals surface area contributed by atoms with Crippen LogP contribution in [-0.4, -0.2) is 37.2 Å². The minimum atomic E-state index is -0.261. The Morgan fingerprint density at radius 3 is 2.64 bits per heavy atom. The lowest BCUT2D eigenvalue weighted by molar-refractivity contribution is -0.113. The highest BCUT2D eigenvalue weighted by Crippen LogP contribution is 2.30. The van der Waals surface area contributed by atoms with Gasteiger partial charge in [-0.05, 0) is 12.1 Å². The molecule has 28 heavy (non-hydrogen) atoms. The quantitative estimate of drug-likeness (QED) is 0.462. The van der Waals surface area contributed by atoms with Crippen LogP contribution >= 0.6 is 23.1 Å². The molecule has 0 radical (unpaired) electrons. The predicted molar refractivity (Wildman–Crippen MR) is 106 cm³/mol. The number of hydrogen-bond acceptors (Lipinski definition) is 9. The van der Waals surface area contributed by atoms with E-state index in [1.165, 1.54) is 17.4 Å². The Hall–Kier alpha value is -3.24. The Morgan fingerprint density at radius 2 is 1.82 bits per heavy atom. The molecule has 0 aliphatic rings. The summed E-state index contributed by atoms with van der Waals surface area (Å²) in [5, 5.41) is 29.8. The molecular formula is C18H13N5O3S2. The normalized spacial score (nSPS) is 10.7. The number of thioether (sulfide) groups is 1. The Morgan fingerprint density at radius 1 is 1.04 bits per heavy atom. The largest absolute Gasteiger partial charge is 0.507 e. The second-order valence-electron chi connectivity index (χ2n) is 5.51. The number of nitrogens with zero attached hydrogens (tertiary/aromatic N) is 4. The van der Waals surface area contributed by atoms with Gasteiger partial charge >= 0.3 is 0 Å². The Labute approximate surface area is 167 Å². The number of aromatic hydroxyl groups is 1. The maximum atomic E-state index is 12.1. The van der Waals surface area contributed by atoms with Crippen molar-refractivity contribution in [3.05, 3.63) is 54.6 Å². The third-order valence-electron chi connectivity index (χ3n) is 3.56. The van der Waals surface area contributed by atoms with Crippen LogP contribution in [0.15, 0.2) is 64.2 Å². The van der Waals surface area contributed by atoms with Crippen molar-refractivity contribution in [1.82, 2.24) is 20.4 Å². The second-order valence-corrected chi connectivity index (χ2v) is 7.41. The molecule has 2 heterocycles. The van der Waals surface area contributed by atoms with Crippen LogP contribution < -0.4 is 5.32 Å². The molecule has 10 heteroatoms. The first-order valence-electron chi connectivity index (χ1n) is 8.12. The lowest BCUT2D eigenvalue weighted by Crippen LogP contribution is -2.13. The van der Waals surface area contributed by atoms with Crippen molar-refractivity contribution in [1.29, 1.82) is 0 Å². The van der Waals surface area contributed by atoms with Crippen LogP contribution in [0.2, 0.25) is 0 Å². The average Bonchev–Trinajstić information content (AvgIpc) is 3.37. The summed E-state index contributed by atoms with van der Waals surface area (Å²) in [6.45, 7) is 0. The van der Waals surface area contributed by atoms with Crippen molar-refractivity contribution in [3.8, 4) is 27.8 Å². The summed E-state index contributed by atoms with van der Waals surface area (Å²) in [5.74, 6) is 0.0504. The number of hydrogen-bond donors (Lipinski definition) is 2. The van der Waals surface area contributed by atoms with E-state index in [1.807, 2.05) is 30.3 Å². The van der Waals surface area contributed by atoms with E-state index < -0.39 is 0 Å². The maximum Gasteiger partial charge on any atom is 0.277 e. The molecular weight excluding hydrogens is 398 g/mol. The summed E-state index contributed by atoms with van der Waals surface area (Å²) in [5.41, 5.74) is 1.38. The summed E-state index contributed by atoms with van der Waals surface area (Å²) in [6.07, 6.45) is 0. The first-order valence-corrected chi connectivity index (χ1v) is 9.93. The van der Waals surface area contributed by atoms with Crippen molar-refractivity contribution in [2.45, 2.75) is 5.22 Å². The minimum absolute atomic E-state index is 0.0472. The molecule has 0 spiro atoms. The molecule has 8 nitrogen and oxygen atoms in total. The fraction of sp³-hybridized carbons (Fsp3) is 0.0556. The first-order chi connectivity index (χ1) is 13.7. The summed E-state index contributed by atoms with van der Waals surface area (Å²) < 4.78 is 5.49. The molecule has 2 aromatic carbocycles. The van der Waals surface area contributed by atoms with Gasteiger partial charge in [0, 0.05) is 5.56 Å². The number of para-hydroxylation sites is 1. The molecule has 0 unspecified atom stereocenters. The van der Waals surface area contributed by atoms with Crippen molar-refractivity contribution >= 4 is 34.1 Å². The molecule has 0 saturated carbocycles. The molecule has 140 valence electrons. The summed E-state index contributed by atoms with van der Waals surface area (Å²) in [7, 11) is 0. The lowest BCUT2D eigenvalue weighted by Gasteiger charge is -1.99. The van der Waals surface area contributed by atoms with E-state index in [9.17, 15) is 9.90 Å². The molecule has 2 aromatic heterocycles. The smallest absolute Gasteiger partial charge is 0.277 e. The fourth-order valence-electron chi connectivity index (χ4n) is 2.29. The zero-order valence-corrected chi connectivity index (χ0v) is 15.9. The van der Waals surface area contributed by atoms with Gasteiger partial charge in [0.15, 0.2) is 0 Å². The van der Waals surface area contributed by atoms with Crippen LogP contribution in [0.4, 0.5) is 5.13 Å². The lowest BCUT2D eigenvalue weighted by atomic mass is 10.2. The number of phenols is 1. The minimum Gasteiger partial charge on any atom is -0.507 e. The van der Waals surface area contributed by atoms with E-state index in [4.69, 9.17) is 4.42 Å². The van der Waals surface area contributed by atoms with Crippen molar-refractivity contribution in [3.63, 3.8) is 0 Å². The highest BCUT2D eigenvalue weighted by molar-refractivity contribution is 7.99. The highest BCUT2D eigenvalue weighted by Gasteiger charge is 2.15. The zero-order chi connectivity index (χ0) is 19.3. The number of amides is 1. The van der Waals surface area contributed by atoms with Gasteiger partial charge in [-0.25, -0.2) is 0 Å². The van der Waals surface area contributed by atoms with Gasteiger partial charge in [0.2, 0.25) is 11.0 Å². The van der Waals surface area contributed by atoms with Gasteiger partial charge in [-0.3, -0.25) is 10.1 Å². The molecule has 0 atom stereocenters. The van der Waals surface area contributed by atoms with Gasteiger partial charge in [0.1, 0.15) is 10.8 Å². The summed E-state index contributed by atoms with van der Waals surface area (Å²) >= 11 is 2.39. The van der Waals surface area contributed by atoms with Crippen LogP contribution in [0.25, 0.3) is 22.0 Å². The van der Waals surface area contributed by atoms with Crippen LogP contribution in [0, 0.1) is 0 Å². The Kier molecular flexibility index (Phi) is 5.31. The van der Waals surface area contributed by atoms with Crippen LogP contribution in [0.1, 0.15) is 0 Å². The standard InChI is InChI=1S/C18H13N5O3S2/c24-13-9-5-4-8-12(13)15-20-23-18(26-15)27-10-14(25)19-17-22-21-16(28-17)11-6-2-1-3-7-11/h1-9,24H,10H2,(H,19,22,25). The third-order valence-corrected chi connectivity index (χ3v) is 5.27. The zero-order valence-electron chi connectivity index (χ0n) is 14.3.